The number of ether oxygens (including phenoxy) is 2. The topological polar surface area (TPSA) is 97.1 Å². The lowest BCUT2D eigenvalue weighted by molar-refractivity contribution is 0.0670. The molecule has 1 saturated heterocycles. The molecule has 29 heavy (non-hydrogen) atoms. The van der Waals surface area contributed by atoms with E-state index in [2.05, 4.69) is 10.3 Å². The van der Waals surface area contributed by atoms with E-state index in [9.17, 15) is 9.59 Å². The van der Waals surface area contributed by atoms with Gasteiger partial charge in [-0.1, -0.05) is 0 Å². The highest BCUT2D eigenvalue weighted by Gasteiger charge is 2.26. The molecule has 3 rings (SSSR count). The number of urea groups is 1. The van der Waals surface area contributed by atoms with Crippen molar-refractivity contribution < 1.29 is 23.5 Å². The van der Waals surface area contributed by atoms with Gasteiger partial charge < -0.3 is 29.0 Å². The number of anilines is 1. The number of hydrogen-bond acceptors (Lipinski definition) is 6. The number of carbonyl (C=O) groups excluding carboxylic acids is 2. The van der Waals surface area contributed by atoms with Crippen molar-refractivity contribution in [1.29, 1.82) is 0 Å². The lowest BCUT2D eigenvalue weighted by Gasteiger charge is -2.34. The summed E-state index contributed by atoms with van der Waals surface area (Å²) in [5.41, 5.74) is 1.16. The second kappa shape index (κ2) is 9.42. The minimum absolute atomic E-state index is 0.0623. The van der Waals surface area contributed by atoms with Crippen LogP contribution in [0.2, 0.25) is 0 Å². The molecule has 2 aromatic rings. The molecule has 1 N–H and O–H groups in total. The Labute approximate surface area is 169 Å². The van der Waals surface area contributed by atoms with E-state index in [1.807, 2.05) is 6.92 Å². The fraction of sp³-hybridized carbons (Fsp3) is 0.450. The number of carbonyl (C=O) groups is 2. The molecular weight excluding hydrogens is 376 g/mol. The average Bonchev–Trinajstić information content (AvgIpc) is 3.07. The molecular formula is C20H26N4O5. The Morgan fingerprint density at radius 3 is 2.45 bits per heavy atom. The van der Waals surface area contributed by atoms with E-state index in [0.717, 1.165) is 0 Å². The molecule has 2 aromatic heterocycles. The van der Waals surface area contributed by atoms with Crippen LogP contribution in [0.5, 0.6) is 5.88 Å². The number of hydrogen-bond donors (Lipinski definition) is 1. The summed E-state index contributed by atoms with van der Waals surface area (Å²) in [5.74, 6) is 1.74. The van der Waals surface area contributed by atoms with Gasteiger partial charge in [-0.15, -0.1) is 0 Å². The second-order valence-electron chi connectivity index (χ2n) is 6.76. The van der Waals surface area contributed by atoms with Crippen LogP contribution in [0.25, 0.3) is 0 Å². The normalized spacial score (nSPS) is 14.0. The molecule has 0 spiro atoms. The Hall–Kier alpha value is -3.07. The van der Waals surface area contributed by atoms with Gasteiger partial charge in [0.1, 0.15) is 18.1 Å². The van der Waals surface area contributed by atoms with Gasteiger partial charge in [0.05, 0.1) is 24.1 Å². The van der Waals surface area contributed by atoms with Crippen molar-refractivity contribution in [3.63, 3.8) is 0 Å². The van der Waals surface area contributed by atoms with Gasteiger partial charge in [0.15, 0.2) is 0 Å². The van der Waals surface area contributed by atoms with Crippen LogP contribution in [0.4, 0.5) is 10.5 Å². The van der Waals surface area contributed by atoms with Gasteiger partial charge in [0.25, 0.3) is 5.91 Å². The Morgan fingerprint density at radius 2 is 1.86 bits per heavy atom. The lowest BCUT2D eigenvalue weighted by Crippen LogP contribution is -2.51. The fourth-order valence-electron chi connectivity index (χ4n) is 3.10. The molecule has 9 nitrogen and oxygen atoms in total. The summed E-state index contributed by atoms with van der Waals surface area (Å²) in [6.45, 7) is 6.36. The van der Waals surface area contributed by atoms with Crippen LogP contribution >= 0.6 is 0 Å². The number of furan rings is 1. The van der Waals surface area contributed by atoms with E-state index >= 15 is 0 Å². The van der Waals surface area contributed by atoms with Crippen LogP contribution in [0.15, 0.2) is 28.8 Å². The van der Waals surface area contributed by atoms with E-state index in [4.69, 9.17) is 13.9 Å². The molecule has 0 bridgehead atoms. The maximum atomic E-state index is 12.6. The lowest BCUT2D eigenvalue weighted by atomic mass is 10.2. The molecule has 0 saturated carbocycles. The molecule has 0 aromatic carbocycles. The molecule has 156 valence electrons. The summed E-state index contributed by atoms with van der Waals surface area (Å²) in [6, 6.07) is 4.96. The van der Waals surface area contributed by atoms with Crippen molar-refractivity contribution in [2.75, 3.05) is 51.8 Å². The molecule has 3 heterocycles. The summed E-state index contributed by atoms with van der Waals surface area (Å²) in [6.07, 6.45) is 1.55. The first kappa shape index (κ1) is 20.7. The van der Waals surface area contributed by atoms with Gasteiger partial charge in [-0.2, -0.15) is 0 Å². The molecule has 0 radical (unpaired) electrons. The van der Waals surface area contributed by atoms with Gasteiger partial charge in [0, 0.05) is 39.4 Å². The van der Waals surface area contributed by atoms with Crippen molar-refractivity contribution in [2.45, 2.75) is 13.8 Å². The van der Waals surface area contributed by atoms with Crippen molar-refractivity contribution in [2.24, 2.45) is 0 Å². The van der Waals surface area contributed by atoms with E-state index < -0.39 is 0 Å². The molecule has 1 aliphatic rings. The van der Waals surface area contributed by atoms with Crippen LogP contribution in [0.1, 0.15) is 21.9 Å². The maximum Gasteiger partial charge on any atom is 0.322 e. The SMILES string of the molecule is COCCOc1ccc(NC(=O)N2CCN(C(=O)c3cc(C)oc3C)CC2)cn1. The summed E-state index contributed by atoms with van der Waals surface area (Å²) in [5, 5.41) is 2.82. The third-order valence-corrected chi connectivity index (χ3v) is 4.65. The summed E-state index contributed by atoms with van der Waals surface area (Å²) in [7, 11) is 1.60. The third kappa shape index (κ3) is 5.26. The fourth-order valence-corrected chi connectivity index (χ4v) is 3.10. The number of piperazine rings is 1. The molecule has 0 unspecified atom stereocenters. The highest BCUT2D eigenvalue weighted by Crippen LogP contribution is 2.18. The first-order chi connectivity index (χ1) is 14.0. The molecule has 9 heteroatoms. The molecule has 1 aliphatic heterocycles. The zero-order valence-corrected chi connectivity index (χ0v) is 16.9. The maximum absolute atomic E-state index is 12.6. The number of nitrogens with zero attached hydrogens (tertiary/aromatic N) is 3. The summed E-state index contributed by atoms with van der Waals surface area (Å²) < 4.78 is 15.8. The molecule has 3 amide bonds. The highest BCUT2D eigenvalue weighted by atomic mass is 16.5. The van der Waals surface area contributed by atoms with Crippen molar-refractivity contribution in [3.8, 4) is 5.88 Å². The Balaban J connectivity index is 1.48. The van der Waals surface area contributed by atoms with Crippen molar-refractivity contribution in [3.05, 3.63) is 41.5 Å². The smallest absolute Gasteiger partial charge is 0.322 e. The monoisotopic (exact) mass is 402 g/mol. The zero-order chi connectivity index (χ0) is 20.8. The van der Waals surface area contributed by atoms with E-state index in [1.54, 1.807) is 48.2 Å². The van der Waals surface area contributed by atoms with E-state index in [0.29, 0.717) is 68.0 Å². The van der Waals surface area contributed by atoms with Crippen molar-refractivity contribution in [1.82, 2.24) is 14.8 Å². The van der Waals surface area contributed by atoms with Gasteiger partial charge in [-0.05, 0) is 26.0 Å². The van der Waals surface area contributed by atoms with Crippen LogP contribution in [-0.4, -0.2) is 73.2 Å². The Bertz CT molecular complexity index is 841. The number of rotatable bonds is 6. The minimum Gasteiger partial charge on any atom is -0.475 e. The molecule has 0 aliphatic carbocycles. The van der Waals surface area contributed by atoms with Gasteiger partial charge in [0.2, 0.25) is 5.88 Å². The standard InChI is InChI=1S/C20H26N4O5/c1-14-12-17(15(2)29-14)19(25)23-6-8-24(9-7-23)20(26)22-16-4-5-18(21-13-16)28-11-10-27-3/h4-5,12-13H,6-11H2,1-3H3,(H,22,26). The van der Waals surface area contributed by atoms with Crippen molar-refractivity contribution >= 4 is 17.6 Å². The number of aryl methyl sites for hydroxylation is 2. The van der Waals surface area contributed by atoms with Gasteiger partial charge in [-0.3, -0.25) is 4.79 Å². The number of amides is 3. The van der Waals surface area contributed by atoms with Gasteiger partial charge in [-0.25, -0.2) is 9.78 Å². The van der Waals surface area contributed by atoms with Crippen LogP contribution < -0.4 is 10.1 Å². The predicted octanol–water partition coefficient (Wildman–Crippen LogP) is 2.31. The summed E-state index contributed by atoms with van der Waals surface area (Å²) >= 11 is 0. The highest BCUT2D eigenvalue weighted by molar-refractivity contribution is 5.95. The number of methoxy groups -OCH3 is 1. The Morgan fingerprint density at radius 1 is 1.14 bits per heavy atom. The number of nitrogens with one attached hydrogen (secondary N) is 1. The largest absolute Gasteiger partial charge is 0.475 e. The van der Waals surface area contributed by atoms with Gasteiger partial charge >= 0.3 is 6.03 Å². The minimum atomic E-state index is -0.220. The summed E-state index contributed by atoms with van der Waals surface area (Å²) in [4.78, 5) is 32.7. The third-order valence-electron chi connectivity index (χ3n) is 4.65. The average molecular weight is 402 g/mol. The number of aromatic nitrogens is 1. The van der Waals surface area contributed by atoms with E-state index in [-0.39, 0.29) is 11.9 Å². The molecule has 0 atom stereocenters. The second-order valence-corrected chi connectivity index (χ2v) is 6.76. The first-order valence-electron chi connectivity index (χ1n) is 9.48. The number of pyridine rings is 1. The van der Waals surface area contributed by atoms with Crippen LogP contribution in [-0.2, 0) is 4.74 Å². The molecule has 1 fully saturated rings. The van der Waals surface area contributed by atoms with E-state index in [1.165, 1.54) is 0 Å². The first-order valence-corrected chi connectivity index (χ1v) is 9.48. The quantitative estimate of drug-likeness (QED) is 0.745. The van der Waals surface area contributed by atoms with Crippen LogP contribution in [0, 0.1) is 13.8 Å². The van der Waals surface area contributed by atoms with Crippen LogP contribution in [0.3, 0.4) is 0 Å². The predicted molar refractivity (Wildman–Crippen MR) is 106 cm³/mol. The Kier molecular flexibility index (Phi) is 6.71. The zero-order valence-electron chi connectivity index (χ0n) is 16.9.